The minimum absolute atomic E-state index is 0.295. The van der Waals surface area contributed by atoms with Gasteiger partial charge in [-0.1, -0.05) is 19.9 Å². The first-order chi connectivity index (χ1) is 7.41. The summed E-state index contributed by atoms with van der Waals surface area (Å²) in [5.74, 6) is 0.939. The van der Waals surface area contributed by atoms with E-state index in [1.54, 1.807) is 6.07 Å². The van der Waals surface area contributed by atoms with Crippen LogP contribution < -0.4 is 0 Å². The van der Waals surface area contributed by atoms with Gasteiger partial charge >= 0.3 is 0 Å². The summed E-state index contributed by atoms with van der Waals surface area (Å²) < 4.78 is 0.760. The summed E-state index contributed by atoms with van der Waals surface area (Å²) in [6.45, 7) is 7.60. The van der Waals surface area contributed by atoms with E-state index in [-0.39, 0.29) is 0 Å². The summed E-state index contributed by atoms with van der Waals surface area (Å²) in [6, 6.07) is 6.21. The summed E-state index contributed by atoms with van der Waals surface area (Å²) in [4.78, 5) is 2.32. The van der Waals surface area contributed by atoms with E-state index < -0.39 is 0 Å². The molecule has 0 bridgehead atoms. The van der Waals surface area contributed by atoms with Gasteiger partial charge in [-0.15, -0.1) is 0 Å². The van der Waals surface area contributed by atoms with Gasteiger partial charge in [0.2, 0.25) is 0 Å². The van der Waals surface area contributed by atoms with Crippen LogP contribution in [0.5, 0.6) is 5.75 Å². The second-order valence-electron chi connectivity index (χ2n) is 4.69. The van der Waals surface area contributed by atoms with E-state index in [2.05, 4.69) is 48.6 Å². The summed E-state index contributed by atoms with van der Waals surface area (Å²) in [7, 11) is 2.13. The first-order valence-electron chi connectivity index (χ1n) is 5.59. The summed E-state index contributed by atoms with van der Waals surface area (Å²) in [5.41, 5.74) is 1.21. The minimum atomic E-state index is 0.295. The standard InChI is InChI=1S/C13H20BrNO/c1-9(2)10(3)15(4)8-11-5-6-13(16)12(14)7-11/h5-7,9-10,16H,8H2,1-4H3. The second-order valence-corrected chi connectivity index (χ2v) is 5.54. The highest BCUT2D eigenvalue weighted by atomic mass is 79.9. The topological polar surface area (TPSA) is 23.5 Å². The van der Waals surface area contributed by atoms with Gasteiger partial charge < -0.3 is 5.11 Å². The van der Waals surface area contributed by atoms with Crippen LogP contribution in [-0.2, 0) is 6.54 Å². The van der Waals surface area contributed by atoms with Crippen LogP contribution in [0.4, 0.5) is 0 Å². The Morgan fingerprint density at radius 2 is 1.94 bits per heavy atom. The van der Waals surface area contributed by atoms with Gasteiger partial charge in [0, 0.05) is 12.6 Å². The molecule has 1 aromatic carbocycles. The summed E-state index contributed by atoms with van der Waals surface area (Å²) in [5, 5.41) is 9.41. The van der Waals surface area contributed by atoms with Crippen LogP contribution in [0.1, 0.15) is 26.3 Å². The van der Waals surface area contributed by atoms with Crippen molar-refractivity contribution in [2.45, 2.75) is 33.4 Å². The molecule has 0 radical (unpaired) electrons. The first kappa shape index (κ1) is 13.5. The van der Waals surface area contributed by atoms with Gasteiger partial charge in [-0.25, -0.2) is 0 Å². The van der Waals surface area contributed by atoms with Crippen LogP contribution in [0, 0.1) is 5.92 Å². The predicted molar refractivity (Wildman–Crippen MR) is 71.6 cm³/mol. The van der Waals surface area contributed by atoms with E-state index in [0.29, 0.717) is 17.7 Å². The van der Waals surface area contributed by atoms with E-state index in [1.807, 2.05) is 12.1 Å². The van der Waals surface area contributed by atoms with Gasteiger partial charge in [-0.05, 0) is 53.5 Å². The third-order valence-electron chi connectivity index (χ3n) is 3.10. The van der Waals surface area contributed by atoms with Gasteiger partial charge in [0.15, 0.2) is 0 Å². The maximum atomic E-state index is 9.41. The van der Waals surface area contributed by atoms with Crippen molar-refractivity contribution in [3.63, 3.8) is 0 Å². The largest absolute Gasteiger partial charge is 0.507 e. The number of nitrogens with zero attached hydrogens (tertiary/aromatic N) is 1. The smallest absolute Gasteiger partial charge is 0.129 e. The average molecular weight is 286 g/mol. The van der Waals surface area contributed by atoms with E-state index in [1.165, 1.54) is 5.56 Å². The summed E-state index contributed by atoms with van der Waals surface area (Å²) >= 11 is 3.33. The van der Waals surface area contributed by atoms with Gasteiger partial charge in [0.1, 0.15) is 5.75 Å². The molecule has 0 spiro atoms. The molecule has 0 aliphatic rings. The Labute approximate surface area is 106 Å². The molecular weight excluding hydrogens is 266 g/mol. The fourth-order valence-corrected chi connectivity index (χ4v) is 2.02. The molecular formula is C13H20BrNO. The second kappa shape index (κ2) is 5.69. The Kier molecular flexibility index (Phi) is 4.81. The molecule has 2 nitrogen and oxygen atoms in total. The van der Waals surface area contributed by atoms with Crippen LogP contribution in [-0.4, -0.2) is 23.1 Å². The highest BCUT2D eigenvalue weighted by molar-refractivity contribution is 9.10. The molecule has 0 aromatic heterocycles. The normalized spacial score (nSPS) is 13.4. The minimum Gasteiger partial charge on any atom is -0.507 e. The monoisotopic (exact) mass is 285 g/mol. The lowest BCUT2D eigenvalue weighted by Crippen LogP contribution is -2.32. The highest BCUT2D eigenvalue weighted by Crippen LogP contribution is 2.25. The molecule has 0 saturated heterocycles. The maximum absolute atomic E-state index is 9.41. The molecule has 0 fully saturated rings. The molecule has 1 N–H and O–H groups in total. The number of phenols is 1. The van der Waals surface area contributed by atoms with Crippen molar-refractivity contribution in [1.29, 1.82) is 0 Å². The van der Waals surface area contributed by atoms with Crippen LogP contribution >= 0.6 is 15.9 Å². The lowest BCUT2D eigenvalue weighted by Gasteiger charge is -2.27. The van der Waals surface area contributed by atoms with Gasteiger partial charge in [-0.3, -0.25) is 4.90 Å². The zero-order valence-corrected chi connectivity index (χ0v) is 12.0. The van der Waals surface area contributed by atoms with Crippen molar-refractivity contribution in [3.05, 3.63) is 28.2 Å². The molecule has 0 aliphatic carbocycles. The van der Waals surface area contributed by atoms with Crippen molar-refractivity contribution in [2.24, 2.45) is 5.92 Å². The van der Waals surface area contributed by atoms with Crippen LogP contribution in [0.25, 0.3) is 0 Å². The zero-order chi connectivity index (χ0) is 12.3. The predicted octanol–water partition coefficient (Wildman–Crippen LogP) is 3.63. The lowest BCUT2D eigenvalue weighted by atomic mass is 10.0. The molecule has 1 unspecified atom stereocenters. The molecule has 1 aromatic rings. The van der Waals surface area contributed by atoms with Gasteiger partial charge in [-0.2, -0.15) is 0 Å². The number of benzene rings is 1. The number of aromatic hydroxyl groups is 1. The highest BCUT2D eigenvalue weighted by Gasteiger charge is 2.13. The molecule has 1 atom stereocenters. The molecule has 3 heteroatoms. The fourth-order valence-electron chi connectivity index (χ4n) is 1.59. The van der Waals surface area contributed by atoms with E-state index in [9.17, 15) is 5.11 Å². The first-order valence-corrected chi connectivity index (χ1v) is 6.38. The lowest BCUT2D eigenvalue weighted by molar-refractivity contribution is 0.200. The van der Waals surface area contributed by atoms with Gasteiger partial charge in [0.05, 0.1) is 4.47 Å². The molecule has 0 amide bonds. The van der Waals surface area contributed by atoms with Crippen LogP contribution in [0.15, 0.2) is 22.7 Å². The maximum Gasteiger partial charge on any atom is 0.129 e. The average Bonchev–Trinajstić information content (AvgIpc) is 2.22. The third-order valence-corrected chi connectivity index (χ3v) is 3.74. The van der Waals surface area contributed by atoms with Crippen molar-refractivity contribution in [1.82, 2.24) is 4.90 Å². The quantitative estimate of drug-likeness (QED) is 0.913. The molecule has 0 heterocycles. The Balaban J connectivity index is 2.69. The van der Waals surface area contributed by atoms with Crippen molar-refractivity contribution in [2.75, 3.05) is 7.05 Å². The number of phenolic OH excluding ortho intramolecular Hbond substituents is 1. The van der Waals surface area contributed by atoms with Crippen LogP contribution in [0.3, 0.4) is 0 Å². The number of hydrogen-bond acceptors (Lipinski definition) is 2. The van der Waals surface area contributed by atoms with E-state index >= 15 is 0 Å². The number of halogens is 1. The van der Waals surface area contributed by atoms with Gasteiger partial charge in [0.25, 0.3) is 0 Å². The fraction of sp³-hybridized carbons (Fsp3) is 0.538. The molecule has 90 valence electrons. The Bertz CT molecular complexity index is 352. The molecule has 0 aliphatic heterocycles. The van der Waals surface area contributed by atoms with Crippen molar-refractivity contribution < 1.29 is 5.11 Å². The zero-order valence-electron chi connectivity index (χ0n) is 10.4. The SMILES string of the molecule is CC(C)C(C)N(C)Cc1ccc(O)c(Br)c1. The van der Waals surface area contributed by atoms with E-state index in [0.717, 1.165) is 11.0 Å². The number of rotatable bonds is 4. The molecule has 16 heavy (non-hydrogen) atoms. The Hall–Kier alpha value is -0.540. The van der Waals surface area contributed by atoms with Crippen molar-refractivity contribution >= 4 is 15.9 Å². The van der Waals surface area contributed by atoms with E-state index in [4.69, 9.17) is 0 Å². The molecule has 1 rings (SSSR count). The third kappa shape index (κ3) is 3.49. The number of hydrogen-bond donors (Lipinski definition) is 1. The van der Waals surface area contributed by atoms with Crippen molar-refractivity contribution in [3.8, 4) is 5.75 Å². The summed E-state index contributed by atoms with van der Waals surface area (Å²) in [6.07, 6.45) is 0. The van der Waals surface area contributed by atoms with Crippen LogP contribution in [0.2, 0.25) is 0 Å². The Morgan fingerprint density at radius 3 is 2.44 bits per heavy atom. The Morgan fingerprint density at radius 1 is 1.31 bits per heavy atom. The molecule has 0 saturated carbocycles.